The largest absolute Gasteiger partial charge is 0.456 e. The molecular formula is C14H23NO6S2. The van der Waals surface area contributed by atoms with Crippen molar-refractivity contribution in [2.75, 3.05) is 11.5 Å². The first kappa shape index (κ1) is 20.1. The van der Waals surface area contributed by atoms with Gasteiger partial charge >= 0.3 is 11.9 Å². The third-order valence-corrected chi connectivity index (χ3v) is 4.56. The lowest BCUT2D eigenvalue weighted by atomic mass is 9.97. The predicted octanol–water partition coefficient (Wildman–Crippen LogP) is 0.762. The summed E-state index contributed by atoms with van der Waals surface area (Å²) < 4.78 is 16.6. The molecule has 1 amide bonds. The maximum Gasteiger partial charge on any atom is 0.303 e. The number of rotatable bonds is 6. The van der Waals surface area contributed by atoms with Crippen molar-refractivity contribution in [1.82, 2.24) is 5.32 Å². The average molecular weight is 365 g/mol. The smallest absolute Gasteiger partial charge is 0.303 e. The molecule has 1 heterocycles. The Labute approximate surface area is 145 Å². The van der Waals surface area contributed by atoms with Gasteiger partial charge in [-0.25, -0.2) is 0 Å². The molecule has 0 aromatic heterocycles. The van der Waals surface area contributed by atoms with Crippen LogP contribution in [0.3, 0.4) is 0 Å². The molecule has 1 saturated heterocycles. The summed E-state index contributed by atoms with van der Waals surface area (Å²) in [6.45, 7) is 5.85. The van der Waals surface area contributed by atoms with Gasteiger partial charge in [-0.05, 0) is 5.75 Å². The van der Waals surface area contributed by atoms with Gasteiger partial charge in [-0.15, -0.1) is 11.8 Å². The predicted molar refractivity (Wildman–Crippen MR) is 89.4 cm³/mol. The minimum atomic E-state index is -0.838. The maximum atomic E-state index is 11.5. The Kier molecular flexibility index (Phi) is 8.21. The van der Waals surface area contributed by atoms with E-state index in [2.05, 4.69) is 17.9 Å². The van der Waals surface area contributed by atoms with Crippen molar-refractivity contribution < 1.29 is 28.6 Å². The van der Waals surface area contributed by atoms with Crippen LogP contribution in [0.25, 0.3) is 0 Å². The van der Waals surface area contributed by atoms with Gasteiger partial charge in [0, 0.05) is 26.5 Å². The Morgan fingerprint density at radius 3 is 2.13 bits per heavy atom. The van der Waals surface area contributed by atoms with E-state index in [1.54, 1.807) is 0 Å². The van der Waals surface area contributed by atoms with Gasteiger partial charge in [0.25, 0.3) is 0 Å². The summed E-state index contributed by atoms with van der Waals surface area (Å²) in [6, 6.07) is -0.623. The van der Waals surface area contributed by atoms with Crippen LogP contribution in [0, 0.1) is 0 Å². The number of carbonyl (C=O) groups is 3. The van der Waals surface area contributed by atoms with Crippen molar-refractivity contribution in [3.63, 3.8) is 0 Å². The lowest BCUT2D eigenvalue weighted by Crippen LogP contribution is -2.64. The molecule has 7 nitrogen and oxygen atoms in total. The Bertz CT molecular complexity index is 447. The SMILES string of the molecule is CCS[C@@H]1O[C@H](CS)[C@@H](OC(C)=O)[C@H](OC(C)=O)[C@H]1NC(C)=O. The Morgan fingerprint density at radius 1 is 1.13 bits per heavy atom. The van der Waals surface area contributed by atoms with Gasteiger partial charge in [0.1, 0.15) is 17.6 Å². The number of ether oxygens (including phenoxy) is 3. The Balaban J connectivity index is 3.16. The standard InChI is InChI=1S/C14H23NO6S2/c1-5-23-14-11(15-7(2)16)13(20-9(4)18)12(19-8(3)17)10(6-22)21-14/h10-14,22H,5-6H2,1-4H3,(H,15,16)/t10-,11-,12-,13-,14+/m1/s1. The first-order valence-electron chi connectivity index (χ1n) is 7.29. The first-order valence-corrected chi connectivity index (χ1v) is 8.97. The van der Waals surface area contributed by atoms with Crippen LogP contribution in [0.2, 0.25) is 0 Å². The number of amides is 1. The van der Waals surface area contributed by atoms with Crippen molar-refractivity contribution in [3.05, 3.63) is 0 Å². The Morgan fingerprint density at radius 2 is 1.70 bits per heavy atom. The van der Waals surface area contributed by atoms with Gasteiger partial charge in [0.2, 0.25) is 5.91 Å². The minimum absolute atomic E-state index is 0.281. The second-order valence-corrected chi connectivity index (χ2v) is 6.80. The molecule has 1 rings (SSSR count). The van der Waals surface area contributed by atoms with Crippen LogP contribution in [-0.4, -0.2) is 59.1 Å². The molecule has 0 saturated carbocycles. The highest BCUT2D eigenvalue weighted by molar-refractivity contribution is 7.99. The number of carbonyl (C=O) groups excluding carboxylic acids is 3. The summed E-state index contributed by atoms with van der Waals surface area (Å²) in [6.07, 6.45) is -2.21. The van der Waals surface area contributed by atoms with Gasteiger partial charge in [0.15, 0.2) is 12.2 Å². The minimum Gasteiger partial charge on any atom is -0.456 e. The van der Waals surface area contributed by atoms with E-state index in [1.165, 1.54) is 32.5 Å². The van der Waals surface area contributed by atoms with Crippen molar-refractivity contribution in [2.24, 2.45) is 0 Å². The van der Waals surface area contributed by atoms with E-state index < -0.39 is 41.7 Å². The van der Waals surface area contributed by atoms with Crippen molar-refractivity contribution >= 4 is 42.2 Å². The average Bonchev–Trinajstić information content (AvgIpc) is 2.43. The number of thioether (sulfide) groups is 1. The third-order valence-electron chi connectivity index (χ3n) is 3.13. The summed E-state index contributed by atoms with van der Waals surface area (Å²) >= 11 is 5.70. The number of esters is 2. The van der Waals surface area contributed by atoms with E-state index in [4.69, 9.17) is 14.2 Å². The van der Waals surface area contributed by atoms with Crippen LogP contribution in [0.1, 0.15) is 27.7 Å². The van der Waals surface area contributed by atoms with Gasteiger partial charge in [-0.1, -0.05) is 6.92 Å². The van der Waals surface area contributed by atoms with E-state index in [9.17, 15) is 14.4 Å². The highest BCUT2D eigenvalue weighted by Crippen LogP contribution is 2.32. The second-order valence-electron chi connectivity index (χ2n) is 5.06. The molecule has 0 aromatic rings. The molecule has 1 aliphatic heterocycles. The van der Waals surface area contributed by atoms with Gasteiger partial charge in [0.05, 0.1) is 0 Å². The normalized spacial score (nSPS) is 30.4. The lowest BCUT2D eigenvalue weighted by molar-refractivity contribution is -0.200. The van der Waals surface area contributed by atoms with Crippen molar-refractivity contribution in [3.8, 4) is 0 Å². The molecule has 23 heavy (non-hydrogen) atoms. The number of hydrogen-bond donors (Lipinski definition) is 2. The number of nitrogens with one attached hydrogen (secondary N) is 1. The molecule has 0 unspecified atom stereocenters. The molecule has 1 N–H and O–H groups in total. The topological polar surface area (TPSA) is 90.9 Å². The highest BCUT2D eigenvalue weighted by atomic mass is 32.2. The van der Waals surface area contributed by atoms with Crippen LogP contribution in [-0.2, 0) is 28.6 Å². The van der Waals surface area contributed by atoms with Crippen LogP contribution in [0.4, 0.5) is 0 Å². The molecule has 0 spiro atoms. The number of thiol groups is 1. The van der Waals surface area contributed by atoms with Crippen LogP contribution < -0.4 is 5.32 Å². The summed E-state index contributed by atoms with van der Waals surface area (Å²) in [5.41, 5.74) is -0.433. The van der Waals surface area contributed by atoms with Gasteiger partial charge in [-0.3, -0.25) is 14.4 Å². The molecular weight excluding hydrogens is 342 g/mol. The number of hydrogen-bond acceptors (Lipinski definition) is 8. The monoisotopic (exact) mass is 365 g/mol. The zero-order valence-corrected chi connectivity index (χ0v) is 15.3. The maximum absolute atomic E-state index is 11.5. The van der Waals surface area contributed by atoms with Crippen LogP contribution >= 0.6 is 24.4 Å². The fraction of sp³-hybridized carbons (Fsp3) is 0.786. The van der Waals surface area contributed by atoms with Gasteiger partial charge in [-0.2, -0.15) is 12.6 Å². The molecule has 132 valence electrons. The first-order chi connectivity index (χ1) is 10.8. The summed E-state index contributed by atoms with van der Waals surface area (Å²) in [4.78, 5) is 34.4. The van der Waals surface area contributed by atoms with Crippen molar-refractivity contribution in [1.29, 1.82) is 0 Å². The van der Waals surface area contributed by atoms with Gasteiger partial charge < -0.3 is 19.5 Å². The second kappa shape index (κ2) is 9.39. The fourth-order valence-electron chi connectivity index (χ4n) is 2.41. The summed E-state index contributed by atoms with van der Waals surface area (Å²) in [5.74, 6) is -0.314. The summed E-state index contributed by atoms with van der Waals surface area (Å²) in [7, 11) is 0. The molecule has 0 radical (unpaired) electrons. The van der Waals surface area contributed by atoms with Crippen LogP contribution in [0.5, 0.6) is 0 Å². The molecule has 1 fully saturated rings. The van der Waals surface area contributed by atoms with E-state index in [0.717, 1.165) is 5.75 Å². The quantitative estimate of drug-likeness (QED) is 0.530. The molecule has 0 aromatic carbocycles. The molecule has 1 aliphatic rings. The van der Waals surface area contributed by atoms with E-state index in [-0.39, 0.29) is 11.7 Å². The fourth-order valence-corrected chi connectivity index (χ4v) is 3.68. The molecule has 0 aliphatic carbocycles. The van der Waals surface area contributed by atoms with E-state index in [1.807, 2.05) is 6.92 Å². The molecule has 5 atom stereocenters. The van der Waals surface area contributed by atoms with E-state index >= 15 is 0 Å². The summed E-state index contributed by atoms with van der Waals surface area (Å²) in [5, 5.41) is 2.74. The lowest BCUT2D eigenvalue weighted by Gasteiger charge is -2.45. The van der Waals surface area contributed by atoms with E-state index in [0.29, 0.717) is 0 Å². The zero-order chi connectivity index (χ0) is 17.6. The molecule has 9 heteroatoms. The zero-order valence-electron chi connectivity index (χ0n) is 13.6. The van der Waals surface area contributed by atoms with Crippen LogP contribution in [0.15, 0.2) is 0 Å². The van der Waals surface area contributed by atoms with Crippen molar-refractivity contribution in [2.45, 2.75) is 57.5 Å². The Hall–Kier alpha value is -0.930. The molecule has 0 bridgehead atoms. The third kappa shape index (κ3) is 5.89. The highest BCUT2D eigenvalue weighted by Gasteiger charge is 2.49.